The molecule has 0 unspecified atom stereocenters. The van der Waals surface area contributed by atoms with Crippen LogP contribution >= 0.6 is 0 Å². The molecule has 0 aromatic heterocycles. The lowest BCUT2D eigenvalue weighted by molar-refractivity contribution is -0.244. The molecule has 2 fully saturated rings. The Hall–Kier alpha value is -1.69. The van der Waals surface area contributed by atoms with Crippen LogP contribution in [0.25, 0.3) is 0 Å². The van der Waals surface area contributed by atoms with Crippen molar-refractivity contribution in [3.63, 3.8) is 0 Å². The highest BCUT2D eigenvalue weighted by atomic mass is 16.6. The predicted octanol–water partition coefficient (Wildman–Crippen LogP) is 3.44. The number of aliphatic hydroxyl groups is 2. The van der Waals surface area contributed by atoms with Gasteiger partial charge < -0.3 is 19.7 Å². The molecule has 5 atom stereocenters. The van der Waals surface area contributed by atoms with Crippen molar-refractivity contribution < 1.29 is 24.5 Å². The van der Waals surface area contributed by atoms with Crippen LogP contribution in [0, 0.1) is 16.7 Å². The largest absolute Gasteiger partial charge is 0.455 e. The molecule has 1 saturated heterocycles. The van der Waals surface area contributed by atoms with E-state index in [1.165, 1.54) is 6.08 Å². The molecule has 5 nitrogen and oxygen atoms in total. The fraction of sp³-hybridized carbons (Fsp3) is 0.609. The Morgan fingerprint density at radius 3 is 2.64 bits per heavy atom. The van der Waals surface area contributed by atoms with Gasteiger partial charge in [0, 0.05) is 17.4 Å². The van der Waals surface area contributed by atoms with E-state index in [4.69, 9.17) is 9.47 Å². The first-order valence-corrected chi connectivity index (χ1v) is 10.1. The minimum absolute atomic E-state index is 0.130. The zero-order valence-corrected chi connectivity index (χ0v) is 17.2. The molecule has 1 heterocycles. The Bertz CT molecular complexity index is 731. The third-order valence-corrected chi connectivity index (χ3v) is 6.86. The SMILES string of the molecule is C/C=C/C=C/C=C/C(=O)O[C@@H]1C=C2CO[C@@H](O)[C@]2(O)[C@@]2(C)CCCC(C)(C)[C@H]12. The van der Waals surface area contributed by atoms with E-state index in [2.05, 4.69) is 13.8 Å². The maximum atomic E-state index is 12.4. The molecule has 2 N–H and O–H groups in total. The maximum Gasteiger partial charge on any atom is 0.331 e. The summed E-state index contributed by atoms with van der Waals surface area (Å²) < 4.78 is 11.3. The van der Waals surface area contributed by atoms with E-state index in [0.717, 1.165) is 19.3 Å². The number of fused-ring (bicyclic) bond motifs is 3. The summed E-state index contributed by atoms with van der Waals surface area (Å²) in [5, 5.41) is 22.0. The third kappa shape index (κ3) is 3.30. The van der Waals surface area contributed by atoms with Crippen LogP contribution in [-0.4, -0.2) is 40.8 Å². The molecule has 2 aliphatic carbocycles. The quantitative estimate of drug-likeness (QED) is 0.334. The summed E-state index contributed by atoms with van der Waals surface area (Å²) in [4.78, 5) is 12.4. The monoisotopic (exact) mass is 388 g/mol. The van der Waals surface area contributed by atoms with Crippen LogP contribution in [0.15, 0.2) is 48.1 Å². The van der Waals surface area contributed by atoms with Gasteiger partial charge in [-0.25, -0.2) is 4.79 Å². The van der Waals surface area contributed by atoms with Crippen molar-refractivity contribution in [1.82, 2.24) is 0 Å². The van der Waals surface area contributed by atoms with Gasteiger partial charge in [-0.1, -0.05) is 57.6 Å². The summed E-state index contributed by atoms with van der Waals surface area (Å²) >= 11 is 0. The van der Waals surface area contributed by atoms with Crippen LogP contribution < -0.4 is 0 Å². The summed E-state index contributed by atoms with van der Waals surface area (Å²) in [6, 6.07) is 0. The molecular formula is C23H32O5. The van der Waals surface area contributed by atoms with Gasteiger partial charge in [0.05, 0.1) is 6.61 Å². The number of aliphatic hydroxyl groups excluding tert-OH is 1. The lowest BCUT2D eigenvalue weighted by Crippen LogP contribution is -2.65. The molecule has 0 amide bonds. The number of carbonyl (C=O) groups is 1. The minimum Gasteiger partial charge on any atom is -0.455 e. The molecular weight excluding hydrogens is 356 g/mol. The predicted molar refractivity (Wildman–Crippen MR) is 107 cm³/mol. The van der Waals surface area contributed by atoms with Crippen LogP contribution in [0.3, 0.4) is 0 Å². The van der Waals surface area contributed by atoms with Crippen molar-refractivity contribution in [2.24, 2.45) is 16.7 Å². The van der Waals surface area contributed by atoms with Crippen molar-refractivity contribution in [1.29, 1.82) is 0 Å². The normalized spacial score (nSPS) is 39.9. The van der Waals surface area contributed by atoms with Crippen molar-refractivity contribution in [2.75, 3.05) is 6.61 Å². The highest BCUT2D eigenvalue weighted by molar-refractivity contribution is 5.82. The molecule has 5 heteroatoms. The van der Waals surface area contributed by atoms with E-state index < -0.39 is 29.4 Å². The number of carbonyl (C=O) groups excluding carboxylic acids is 1. The number of rotatable bonds is 4. The zero-order chi connectivity index (χ0) is 20.6. The fourth-order valence-electron chi connectivity index (χ4n) is 5.64. The van der Waals surface area contributed by atoms with Crippen molar-refractivity contribution in [2.45, 2.75) is 65.0 Å². The van der Waals surface area contributed by atoms with Crippen LogP contribution in [0.2, 0.25) is 0 Å². The van der Waals surface area contributed by atoms with E-state index in [1.54, 1.807) is 18.2 Å². The number of hydrogen-bond acceptors (Lipinski definition) is 5. The van der Waals surface area contributed by atoms with Gasteiger partial charge in [0.15, 0.2) is 6.29 Å². The summed E-state index contributed by atoms with van der Waals surface area (Å²) in [6.07, 6.45) is 13.2. The Morgan fingerprint density at radius 1 is 1.21 bits per heavy atom. The van der Waals surface area contributed by atoms with Crippen molar-refractivity contribution >= 4 is 5.97 Å². The Morgan fingerprint density at radius 2 is 1.93 bits per heavy atom. The average molecular weight is 389 g/mol. The highest BCUT2D eigenvalue weighted by Gasteiger charge is 2.68. The maximum absolute atomic E-state index is 12.4. The molecule has 28 heavy (non-hydrogen) atoms. The van der Waals surface area contributed by atoms with Crippen LogP contribution in [0.1, 0.15) is 47.0 Å². The topological polar surface area (TPSA) is 76.0 Å². The Kier molecular flexibility index (Phi) is 5.72. The number of ether oxygens (including phenoxy) is 2. The first-order chi connectivity index (χ1) is 13.2. The third-order valence-electron chi connectivity index (χ3n) is 6.86. The molecule has 0 bridgehead atoms. The minimum atomic E-state index is -1.44. The Balaban J connectivity index is 1.92. The molecule has 154 valence electrons. The van der Waals surface area contributed by atoms with Gasteiger partial charge in [-0.2, -0.15) is 0 Å². The van der Waals surface area contributed by atoms with E-state index in [-0.39, 0.29) is 17.9 Å². The molecule has 0 aromatic carbocycles. The van der Waals surface area contributed by atoms with E-state index >= 15 is 0 Å². The van der Waals surface area contributed by atoms with Crippen molar-refractivity contribution in [3.05, 3.63) is 48.1 Å². The first kappa shape index (κ1) is 21.0. The summed E-state index contributed by atoms with van der Waals surface area (Å²) in [5.74, 6) is -0.546. The molecule has 0 aromatic rings. The summed E-state index contributed by atoms with van der Waals surface area (Å²) in [5.41, 5.74) is -1.63. The molecule has 1 aliphatic heterocycles. The molecule has 0 spiro atoms. The second-order valence-electron chi connectivity index (χ2n) is 9.03. The van der Waals surface area contributed by atoms with Gasteiger partial charge in [0.1, 0.15) is 11.7 Å². The van der Waals surface area contributed by atoms with Gasteiger partial charge in [-0.3, -0.25) is 0 Å². The average Bonchev–Trinajstić information content (AvgIpc) is 2.90. The van der Waals surface area contributed by atoms with Gasteiger partial charge in [-0.05, 0) is 36.8 Å². The second-order valence-corrected chi connectivity index (χ2v) is 9.03. The summed E-state index contributed by atoms with van der Waals surface area (Å²) in [7, 11) is 0. The molecule has 0 radical (unpaired) electrons. The van der Waals surface area contributed by atoms with Crippen molar-refractivity contribution in [3.8, 4) is 0 Å². The lowest BCUT2D eigenvalue weighted by atomic mass is 9.46. The van der Waals surface area contributed by atoms with Crippen LogP contribution in [0.4, 0.5) is 0 Å². The van der Waals surface area contributed by atoms with E-state index in [1.807, 2.05) is 32.1 Å². The second kappa shape index (κ2) is 7.62. The number of allylic oxidation sites excluding steroid dienone is 5. The first-order valence-electron chi connectivity index (χ1n) is 10.1. The molecule has 3 rings (SSSR count). The zero-order valence-electron chi connectivity index (χ0n) is 17.2. The van der Waals surface area contributed by atoms with Gasteiger partial charge in [0.2, 0.25) is 0 Å². The fourth-order valence-corrected chi connectivity index (χ4v) is 5.64. The highest BCUT2D eigenvalue weighted by Crippen LogP contribution is 2.63. The number of hydrogen-bond donors (Lipinski definition) is 2. The molecule has 3 aliphatic rings. The Labute approximate surface area is 167 Å². The molecule has 1 saturated carbocycles. The lowest BCUT2D eigenvalue weighted by Gasteiger charge is -2.60. The van der Waals surface area contributed by atoms with Crippen LogP contribution in [-0.2, 0) is 14.3 Å². The van der Waals surface area contributed by atoms with E-state index in [9.17, 15) is 15.0 Å². The smallest absolute Gasteiger partial charge is 0.331 e. The van der Waals surface area contributed by atoms with E-state index in [0.29, 0.717) is 5.57 Å². The number of esters is 1. The van der Waals surface area contributed by atoms with Crippen LogP contribution in [0.5, 0.6) is 0 Å². The van der Waals surface area contributed by atoms with Gasteiger partial charge in [-0.15, -0.1) is 0 Å². The summed E-state index contributed by atoms with van der Waals surface area (Å²) in [6.45, 7) is 8.37. The van der Waals surface area contributed by atoms with Gasteiger partial charge in [0.25, 0.3) is 0 Å². The van der Waals surface area contributed by atoms with Gasteiger partial charge >= 0.3 is 5.97 Å². The standard InChI is InChI=1S/C23H32O5/c1-5-6-7-8-9-11-18(24)28-17-14-16-15-27-20(25)23(16,26)22(4)13-10-12-21(2,3)19(17)22/h5-9,11,14,17,19-20,25-26H,10,12-13,15H2,1-4H3/b6-5+,8-7+,11-9+/t17-,19+,20-,22+,23+/m1/s1.